The van der Waals surface area contributed by atoms with Gasteiger partial charge in [-0.25, -0.2) is 0 Å². The quantitative estimate of drug-likeness (QED) is 0.693. The average molecular weight is 418 g/mol. The van der Waals surface area contributed by atoms with Crippen LogP contribution in [0.2, 0.25) is 0 Å². The van der Waals surface area contributed by atoms with E-state index in [2.05, 4.69) is 26.0 Å². The summed E-state index contributed by atoms with van der Waals surface area (Å²) in [7, 11) is 0. The highest BCUT2D eigenvalue weighted by Gasteiger charge is 2.20. The molecule has 2 heterocycles. The second kappa shape index (κ2) is 11.5. The molecule has 1 aromatic carbocycles. The number of piperazine rings is 1. The number of halogens is 2. The first-order valence-electron chi connectivity index (χ1n) is 8.87. The molecule has 1 unspecified atom stereocenters. The van der Waals surface area contributed by atoms with Crippen molar-refractivity contribution in [3.05, 3.63) is 41.5 Å². The van der Waals surface area contributed by atoms with Crippen molar-refractivity contribution in [2.75, 3.05) is 38.5 Å². The molecular weight excluding hydrogens is 389 g/mol. The summed E-state index contributed by atoms with van der Waals surface area (Å²) in [4.78, 5) is 9.24. The third kappa shape index (κ3) is 6.93. The smallest absolute Gasteiger partial charge is 0.240 e. The van der Waals surface area contributed by atoms with Gasteiger partial charge < -0.3 is 15.0 Å². The predicted octanol–water partition coefficient (Wildman–Crippen LogP) is 2.91. The van der Waals surface area contributed by atoms with Crippen molar-refractivity contribution in [3.8, 4) is 0 Å². The molecule has 2 N–H and O–H groups in total. The van der Waals surface area contributed by atoms with Crippen LogP contribution in [0.3, 0.4) is 0 Å². The number of ether oxygens (including phenoxy) is 1. The van der Waals surface area contributed by atoms with Gasteiger partial charge in [0.1, 0.15) is 6.10 Å². The van der Waals surface area contributed by atoms with Crippen LogP contribution in [0.4, 0.5) is 5.69 Å². The Kier molecular flexibility index (Phi) is 10.0. The number of nitrogens with zero attached hydrogens (tertiary/aromatic N) is 4. The molecule has 1 aliphatic heterocycles. The van der Waals surface area contributed by atoms with Crippen LogP contribution in [0.1, 0.15) is 37.2 Å². The zero-order valence-corrected chi connectivity index (χ0v) is 17.5. The van der Waals surface area contributed by atoms with Crippen molar-refractivity contribution >= 4 is 30.5 Å². The number of hydrogen-bond donors (Lipinski definition) is 1. The monoisotopic (exact) mass is 417 g/mol. The molecule has 27 heavy (non-hydrogen) atoms. The van der Waals surface area contributed by atoms with Gasteiger partial charge in [-0.15, -0.1) is 24.8 Å². The van der Waals surface area contributed by atoms with Crippen molar-refractivity contribution in [2.24, 2.45) is 0 Å². The summed E-state index contributed by atoms with van der Waals surface area (Å²) in [5.74, 6) is 1.28. The van der Waals surface area contributed by atoms with Crippen LogP contribution in [0.25, 0.3) is 0 Å². The van der Waals surface area contributed by atoms with Crippen molar-refractivity contribution in [2.45, 2.75) is 33.0 Å². The molecule has 0 bridgehead atoms. The predicted molar refractivity (Wildman–Crippen MR) is 110 cm³/mol. The first-order chi connectivity index (χ1) is 12.1. The molecule has 1 saturated heterocycles. The van der Waals surface area contributed by atoms with Crippen LogP contribution in [-0.2, 0) is 17.8 Å². The number of benzene rings is 1. The number of nitrogens with two attached hydrogens (primary N) is 1. The Bertz CT molecular complexity index is 677. The molecule has 152 valence electrons. The van der Waals surface area contributed by atoms with Gasteiger partial charge in [-0.2, -0.15) is 4.98 Å². The molecule has 0 aliphatic carbocycles. The van der Waals surface area contributed by atoms with Crippen LogP contribution in [0.15, 0.2) is 28.8 Å². The normalized spacial score (nSPS) is 16.4. The fraction of sp³-hybridized carbons (Fsp3) is 0.556. The van der Waals surface area contributed by atoms with E-state index in [1.165, 1.54) is 5.56 Å². The van der Waals surface area contributed by atoms with Gasteiger partial charge in [-0.1, -0.05) is 17.3 Å². The molecule has 1 aromatic heterocycles. The topological polar surface area (TPSA) is 80.7 Å². The summed E-state index contributed by atoms with van der Waals surface area (Å²) in [6.07, 6.45) is -0.127. The highest BCUT2D eigenvalue weighted by molar-refractivity contribution is 5.85. The molecule has 3 rings (SSSR count). The average Bonchev–Trinajstić information content (AvgIpc) is 3.06. The molecule has 7 nitrogen and oxygen atoms in total. The van der Waals surface area contributed by atoms with Crippen LogP contribution < -0.4 is 5.73 Å². The van der Waals surface area contributed by atoms with E-state index in [9.17, 15) is 0 Å². The maximum atomic E-state index is 5.85. The van der Waals surface area contributed by atoms with Crippen molar-refractivity contribution in [1.29, 1.82) is 0 Å². The zero-order chi connectivity index (χ0) is 17.6. The van der Waals surface area contributed by atoms with E-state index in [1.807, 2.05) is 32.0 Å². The van der Waals surface area contributed by atoms with E-state index in [0.29, 0.717) is 24.9 Å². The third-order valence-electron chi connectivity index (χ3n) is 4.45. The summed E-state index contributed by atoms with van der Waals surface area (Å²) in [5, 5.41) is 4.02. The minimum atomic E-state index is -0.127. The molecule has 0 amide bonds. The van der Waals surface area contributed by atoms with Crippen LogP contribution in [0, 0.1) is 0 Å². The Morgan fingerprint density at radius 3 is 2.44 bits per heavy atom. The maximum Gasteiger partial charge on any atom is 0.240 e. The van der Waals surface area contributed by atoms with Gasteiger partial charge in [0.15, 0.2) is 5.82 Å². The first-order valence-corrected chi connectivity index (χ1v) is 8.87. The highest BCUT2D eigenvalue weighted by Crippen LogP contribution is 2.15. The number of anilines is 1. The number of nitrogen functional groups attached to an aromatic ring is 1. The maximum absolute atomic E-state index is 5.85. The third-order valence-corrected chi connectivity index (χ3v) is 4.45. The second-order valence-electron chi connectivity index (χ2n) is 6.44. The summed E-state index contributed by atoms with van der Waals surface area (Å²) in [6.45, 7) is 10.2. The van der Waals surface area contributed by atoms with Gasteiger partial charge in [0, 0.05) is 45.0 Å². The Morgan fingerprint density at radius 1 is 1.15 bits per heavy atom. The first kappa shape index (κ1) is 23.7. The van der Waals surface area contributed by atoms with Crippen molar-refractivity contribution < 1.29 is 9.26 Å². The molecule has 1 aliphatic rings. The van der Waals surface area contributed by atoms with Gasteiger partial charge in [0.05, 0.1) is 6.54 Å². The Labute approximate surface area is 173 Å². The standard InChI is InChI=1S/C18H27N5O2.2ClH/c1-3-24-14(2)18-20-17(25-21-18)13-23-9-7-22(8-10-23)12-15-5-4-6-16(19)11-15;;/h4-6,11,14H,3,7-10,12-13,19H2,1-2H3;2*1H. The van der Waals surface area contributed by atoms with E-state index in [0.717, 1.165) is 38.4 Å². The van der Waals surface area contributed by atoms with E-state index < -0.39 is 0 Å². The van der Waals surface area contributed by atoms with Crippen molar-refractivity contribution in [3.63, 3.8) is 0 Å². The zero-order valence-electron chi connectivity index (χ0n) is 15.8. The Balaban J connectivity index is 0.00000182. The lowest BCUT2D eigenvalue weighted by molar-refractivity contribution is 0.0683. The summed E-state index contributed by atoms with van der Waals surface area (Å²) in [5.41, 5.74) is 7.94. The number of rotatable bonds is 7. The van der Waals surface area contributed by atoms with Crippen LogP contribution >= 0.6 is 24.8 Å². The van der Waals surface area contributed by atoms with Gasteiger partial charge >= 0.3 is 0 Å². The Hall–Kier alpha value is -1.38. The fourth-order valence-electron chi connectivity index (χ4n) is 3.07. The largest absolute Gasteiger partial charge is 0.399 e. The van der Waals surface area contributed by atoms with Gasteiger partial charge in [-0.05, 0) is 31.5 Å². The van der Waals surface area contributed by atoms with Gasteiger partial charge in [-0.3, -0.25) is 9.80 Å². The molecule has 2 aromatic rings. The lowest BCUT2D eigenvalue weighted by atomic mass is 10.2. The summed E-state index contributed by atoms with van der Waals surface area (Å²) in [6, 6.07) is 8.11. The van der Waals surface area contributed by atoms with E-state index in [-0.39, 0.29) is 30.9 Å². The number of aromatic nitrogens is 2. The van der Waals surface area contributed by atoms with Crippen molar-refractivity contribution in [1.82, 2.24) is 19.9 Å². The number of hydrogen-bond acceptors (Lipinski definition) is 7. The molecule has 9 heteroatoms. The second-order valence-corrected chi connectivity index (χ2v) is 6.44. The molecule has 1 atom stereocenters. The molecular formula is C18H29Cl2N5O2. The molecule has 0 radical (unpaired) electrons. The minimum absolute atomic E-state index is 0. The van der Waals surface area contributed by atoms with E-state index in [4.69, 9.17) is 15.0 Å². The SMILES string of the molecule is CCOC(C)c1noc(CN2CCN(Cc3cccc(N)c3)CC2)n1.Cl.Cl. The van der Waals surface area contributed by atoms with Crippen LogP contribution in [-0.4, -0.2) is 52.7 Å². The fourth-order valence-corrected chi connectivity index (χ4v) is 3.07. The lowest BCUT2D eigenvalue weighted by Crippen LogP contribution is -2.45. The summed E-state index contributed by atoms with van der Waals surface area (Å²) < 4.78 is 10.9. The molecule has 0 saturated carbocycles. The Morgan fingerprint density at radius 2 is 1.81 bits per heavy atom. The molecule has 1 fully saturated rings. The summed E-state index contributed by atoms with van der Waals surface area (Å²) >= 11 is 0. The van der Waals surface area contributed by atoms with Gasteiger partial charge in [0.25, 0.3) is 0 Å². The van der Waals surface area contributed by atoms with Crippen LogP contribution in [0.5, 0.6) is 0 Å². The van der Waals surface area contributed by atoms with E-state index >= 15 is 0 Å². The van der Waals surface area contributed by atoms with Gasteiger partial charge in [0.2, 0.25) is 5.89 Å². The highest BCUT2D eigenvalue weighted by atomic mass is 35.5. The minimum Gasteiger partial charge on any atom is -0.399 e. The lowest BCUT2D eigenvalue weighted by Gasteiger charge is -2.33. The van der Waals surface area contributed by atoms with E-state index in [1.54, 1.807) is 0 Å². The molecule has 0 spiro atoms.